The Morgan fingerprint density at radius 3 is 2.39 bits per heavy atom. The molecule has 3 aromatic rings. The lowest BCUT2D eigenvalue weighted by atomic mass is 10.1. The molecule has 0 aliphatic carbocycles. The molecular formula is C24H31N3O3S. The zero-order valence-electron chi connectivity index (χ0n) is 18.3. The average molecular weight is 442 g/mol. The van der Waals surface area contributed by atoms with Crippen LogP contribution in [0.15, 0.2) is 60.8 Å². The van der Waals surface area contributed by atoms with Gasteiger partial charge in [0.05, 0.1) is 12.3 Å². The molecule has 0 atom stereocenters. The van der Waals surface area contributed by atoms with Crippen LogP contribution in [0.3, 0.4) is 0 Å². The number of amides is 1. The van der Waals surface area contributed by atoms with Gasteiger partial charge in [0.25, 0.3) is 0 Å². The van der Waals surface area contributed by atoms with Crippen LogP contribution in [0.5, 0.6) is 0 Å². The van der Waals surface area contributed by atoms with Crippen molar-refractivity contribution >= 4 is 26.8 Å². The first kappa shape index (κ1) is 23.0. The molecule has 3 rings (SSSR count). The molecule has 1 heterocycles. The standard InChI is InChI=1S/C24H31N3O3S/c1-3-15-27(31(29,30)4-2)19-24(28)26(18-20-10-6-5-7-11-20)16-14-21-17-25-23-13-9-8-12-22(21)23/h5-13,17,25H,3-4,14-16,18-19H2,1-2H3. The van der Waals surface area contributed by atoms with Gasteiger partial charge in [-0.1, -0.05) is 55.5 Å². The van der Waals surface area contributed by atoms with Gasteiger partial charge < -0.3 is 9.88 Å². The summed E-state index contributed by atoms with van der Waals surface area (Å²) in [5.74, 6) is -0.178. The van der Waals surface area contributed by atoms with Crippen LogP contribution in [-0.2, 0) is 27.8 Å². The van der Waals surface area contributed by atoms with E-state index >= 15 is 0 Å². The predicted molar refractivity (Wildman–Crippen MR) is 125 cm³/mol. The van der Waals surface area contributed by atoms with Crippen LogP contribution < -0.4 is 0 Å². The number of hydrogen-bond acceptors (Lipinski definition) is 3. The van der Waals surface area contributed by atoms with E-state index < -0.39 is 10.0 Å². The third-order valence-electron chi connectivity index (χ3n) is 5.44. The average Bonchev–Trinajstić information content (AvgIpc) is 3.20. The van der Waals surface area contributed by atoms with Gasteiger partial charge >= 0.3 is 0 Å². The Balaban J connectivity index is 1.79. The molecule has 0 unspecified atom stereocenters. The van der Waals surface area contributed by atoms with Crippen LogP contribution in [0.25, 0.3) is 10.9 Å². The van der Waals surface area contributed by atoms with E-state index in [2.05, 4.69) is 11.1 Å². The zero-order chi connectivity index (χ0) is 22.3. The predicted octanol–water partition coefficient (Wildman–Crippen LogP) is 3.80. The smallest absolute Gasteiger partial charge is 0.238 e. The second-order valence-corrected chi connectivity index (χ2v) is 9.90. The van der Waals surface area contributed by atoms with Gasteiger partial charge in [-0.2, -0.15) is 4.31 Å². The fourth-order valence-corrected chi connectivity index (χ4v) is 4.82. The van der Waals surface area contributed by atoms with Gasteiger partial charge in [0.2, 0.25) is 15.9 Å². The van der Waals surface area contributed by atoms with Crippen molar-refractivity contribution in [2.45, 2.75) is 33.2 Å². The Morgan fingerprint density at radius 1 is 0.968 bits per heavy atom. The first-order valence-electron chi connectivity index (χ1n) is 10.8. The molecule has 0 radical (unpaired) electrons. The molecule has 0 saturated carbocycles. The maximum Gasteiger partial charge on any atom is 0.238 e. The number of nitrogens with one attached hydrogen (secondary N) is 1. The summed E-state index contributed by atoms with van der Waals surface area (Å²) in [6.45, 7) is 4.73. The Hall–Kier alpha value is -2.64. The Kier molecular flexibility index (Phi) is 7.87. The molecule has 0 spiro atoms. The molecule has 1 amide bonds. The van der Waals surface area contributed by atoms with Crippen molar-refractivity contribution in [2.24, 2.45) is 0 Å². The summed E-state index contributed by atoms with van der Waals surface area (Å²) in [5, 5.41) is 1.15. The van der Waals surface area contributed by atoms with Gasteiger partial charge in [0.15, 0.2) is 0 Å². The van der Waals surface area contributed by atoms with E-state index in [4.69, 9.17) is 0 Å². The molecule has 7 heteroatoms. The SMILES string of the molecule is CCCN(CC(=O)N(CCc1c[nH]c2ccccc12)Cc1ccccc1)S(=O)(=O)CC. The topological polar surface area (TPSA) is 73.5 Å². The summed E-state index contributed by atoms with van der Waals surface area (Å²) in [4.78, 5) is 18.3. The van der Waals surface area contributed by atoms with E-state index in [1.807, 2.05) is 61.7 Å². The molecule has 1 N–H and O–H groups in total. The number of aromatic nitrogens is 1. The minimum Gasteiger partial charge on any atom is -0.361 e. The molecule has 31 heavy (non-hydrogen) atoms. The van der Waals surface area contributed by atoms with Crippen molar-refractivity contribution in [2.75, 3.05) is 25.4 Å². The summed E-state index contributed by atoms with van der Waals surface area (Å²) < 4.78 is 26.2. The molecule has 0 aliphatic rings. The van der Waals surface area contributed by atoms with Crippen LogP contribution in [0.2, 0.25) is 0 Å². The van der Waals surface area contributed by atoms with Crippen LogP contribution in [0.4, 0.5) is 0 Å². The first-order valence-corrected chi connectivity index (χ1v) is 12.4. The lowest BCUT2D eigenvalue weighted by Crippen LogP contribution is -2.44. The number of aromatic amines is 1. The normalized spacial score (nSPS) is 11.8. The number of benzene rings is 2. The number of rotatable bonds is 11. The van der Waals surface area contributed by atoms with Crippen molar-refractivity contribution in [3.05, 3.63) is 71.9 Å². The summed E-state index contributed by atoms with van der Waals surface area (Å²) in [7, 11) is -3.43. The maximum atomic E-state index is 13.2. The van der Waals surface area contributed by atoms with E-state index in [1.165, 1.54) is 4.31 Å². The van der Waals surface area contributed by atoms with Gasteiger partial charge in [-0.15, -0.1) is 0 Å². The Labute approximate surface area is 184 Å². The third kappa shape index (κ3) is 5.95. The number of para-hydroxylation sites is 1. The summed E-state index contributed by atoms with van der Waals surface area (Å²) in [5.41, 5.74) is 3.24. The second-order valence-electron chi connectivity index (χ2n) is 7.64. The number of sulfonamides is 1. The first-order chi connectivity index (χ1) is 14.9. The minimum atomic E-state index is -3.43. The molecule has 166 valence electrons. The van der Waals surface area contributed by atoms with Gasteiger partial charge in [-0.25, -0.2) is 8.42 Å². The minimum absolute atomic E-state index is 0.00565. The van der Waals surface area contributed by atoms with Crippen LogP contribution in [-0.4, -0.2) is 53.9 Å². The van der Waals surface area contributed by atoms with Gasteiger partial charge in [0, 0.05) is 36.7 Å². The summed E-state index contributed by atoms with van der Waals surface area (Å²) >= 11 is 0. The lowest BCUT2D eigenvalue weighted by Gasteiger charge is -2.27. The highest BCUT2D eigenvalue weighted by molar-refractivity contribution is 7.89. The quantitative estimate of drug-likeness (QED) is 0.492. The molecule has 1 aromatic heterocycles. The van der Waals surface area contributed by atoms with Gasteiger partial charge in [0.1, 0.15) is 0 Å². The summed E-state index contributed by atoms with van der Waals surface area (Å²) in [6, 6.07) is 17.9. The molecule has 6 nitrogen and oxygen atoms in total. The molecule has 0 saturated heterocycles. The summed E-state index contributed by atoms with van der Waals surface area (Å²) in [6.07, 6.45) is 3.35. The molecular weight excluding hydrogens is 410 g/mol. The fourth-order valence-electron chi connectivity index (χ4n) is 3.69. The molecule has 0 aliphatic heterocycles. The number of carbonyl (C=O) groups is 1. The van der Waals surface area contributed by atoms with Crippen LogP contribution in [0.1, 0.15) is 31.4 Å². The molecule has 0 fully saturated rings. The number of carbonyl (C=O) groups excluding carboxylic acids is 1. The van der Waals surface area contributed by atoms with E-state index in [1.54, 1.807) is 11.8 Å². The number of hydrogen-bond donors (Lipinski definition) is 1. The van der Waals surface area contributed by atoms with Gasteiger partial charge in [-0.05, 0) is 37.0 Å². The van der Waals surface area contributed by atoms with Crippen molar-refractivity contribution in [1.82, 2.24) is 14.2 Å². The van der Waals surface area contributed by atoms with E-state index in [0.717, 1.165) is 22.0 Å². The van der Waals surface area contributed by atoms with E-state index in [-0.39, 0.29) is 18.2 Å². The van der Waals surface area contributed by atoms with Crippen molar-refractivity contribution in [3.8, 4) is 0 Å². The highest BCUT2D eigenvalue weighted by Gasteiger charge is 2.25. The number of nitrogens with zero attached hydrogens (tertiary/aromatic N) is 2. The monoisotopic (exact) mass is 441 g/mol. The number of fused-ring (bicyclic) bond motifs is 1. The Morgan fingerprint density at radius 2 is 1.68 bits per heavy atom. The van der Waals surface area contributed by atoms with E-state index in [0.29, 0.717) is 32.5 Å². The van der Waals surface area contributed by atoms with Crippen LogP contribution >= 0.6 is 0 Å². The molecule has 2 aromatic carbocycles. The fraction of sp³-hybridized carbons (Fsp3) is 0.375. The second kappa shape index (κ2) is 10.6. The number of H-pyrrole nitrogens is 1. The van der Waals surface area contributed by atoms with Crippen LogP contribution in [0, 0.1) is 0 Å². The Bertz CT molecular complexity index is 1090. The van der Waals surface area contributed by atoms with Crippen molar-refractivity contribution in [3.63, 3.8) is 0 Å². The van der Waals surface area contributed by atoms with Crippen molar-refractivity contribution < 1.29 is 13.2 Å². The largest absolute Gasteiger partial charge is 0.361 e. The third-order valence-corrected chi connectivity index (χ3v) is 7.27. The van der Waals surface area contributed by atoms with E-state index in [9.17, 15) is 13.2 Å². The maximum absolute atomic E-state index is 13.2. The van der Waals surface area contributed by atoms with Gasteiger partial charge in [-0.3, -0.25) is 4.79 Å². The zero-order valence-corrected chi connectivity index (χ0v) is 19.1. The van der Waals surface area contributed by atoms with Crippen molar-refractivity contribution in [1.29, 1.82) is 0 Å². The highest BCUT2D eigenvalue weighted by atomic mass is 32.2. The molecule has 0 bridgehead atoms. The highest BCUT2D eigenvalue weighted by Crippen LogP contribution is 2.19. The lowest BCUT2D eigenvalue weighted by molar-refractivity contribution is -0.132.